The molecule has 0 radical (unpaired) electrons. The van der Waals surface area contributed by atoms with E-state index >= 15 is 0 Å². The first-order valence-electron chi connectivity index (χ1n) is 24.3. The molecule has 338 valence electrons. The number of pyridine rings is 1. The molecule has 66 heavy (non-hydrogen) atoms. The molecule has 9 rings (SSSR count). The largest absolute Gasteiger partial charge is 0.457 e. The van der Waals surface area contributed by atoms with Gasteiger partial charge < -0.3 is 14.5 Å². The Bertz CT molecular complexity index is 3040. The number of ether oxygens (including phenoxy) is 1. The Hall–Kier alpha value is -6.33. The number of para-hydroxylation sites is 1. The van der Waals surface area contributed by atoms with E-state index in [9.17, 15) is 0 Å². The summed E-state index contributed by atoms with van der Waals surface area (Å²) in [5, 5.41) is 2.36. The average molecular weight is 873 g/mol. The topological polar surface area (TPSA) is 33.5 Å². The van der Waals surface area contributed by atoms with Gasteiger partial charge in [-0.1, -0.05) is 138 Å². The van der Waals surface area contributed by atoms with Gasteiger partial charge in [-0.25, -0.2) is 4.98 Å². The zero-order chi connectivity index (χ0) is 46.7. The van der Waals surface area contributed by atoms with Crippen LogP contribution in [0.5, 0.6) is 11.5 Å². The average Bonchev–Trinajstić information content (AvgIpc) is 3.84. The van der Waals surface area contributed by atoms with E-state index in [1.807, 2.05) is 6.20 Å². The Morgan fingerprint density at radius 3 is 1.92 bits per heavy atom. The van der Waals surface area contributed by atoms with Crippen molar-refractivity contribution in [3.05, 3.63) is 167 Å². The van der Waals surface area contributed by atoms with Gasteiger partial charge in [0, 0.05) is 40.5 Å². The molecule has 0 amide bonds. The van der Waals surface area contributed by atoms with Crippen LogP contribution in [0.15, 0.2) is 140 Å². The summed E-state index contributed by atoms with van der Waals surface area (Å²) < 4.78 is 9.49. The number of hydrogen-bond donors (Lipinski definition) is 0. The van der Waals surface area contributed by atoms with Crippen molar-refractivity contribution in [1.82, 2.24) is 9.55 Å². The normalized spacial score (nSPS) is 13.3. The molecule has 0 saturated heterocycles. The number of nitrogens with zero attached hydrogens (tertiary/aromatic N) is 4. The van der Waals surface area contributed by atoms with Crippen molar-refractivity contribution in [2.24, 2.45) is 0 Å². The van der Waals surface area contributed by atoms with Crippen LogP contribution >= 0.6 is 0 Å². The molecular formula is C61H68N4O. The summed E-state index contributed by atoms with van der Waals surface area (Å²) in [7, 11) is 0. The Balaban J connectivity index is 1.24. The number of anilines is 4. The van der Waals surface area contributed by atoms with E-state index in [2.05, 4.69) is 231 Å². The van der Waals surface area contributed by atoms with Gasteiger partial charge in [-0.3, -0.25) is 4.57 Å². The second-order valence-electron chi connectivity index (χ2n) is 21.2. The second kappa shape index (κ2) is 17.5. The van der Waals surface area contributed by atoms with E-state index < -0.39 is 0 Å². The molecular weight excluding hydrogens is 805 g/mol. The first kappa shape index (κ1) is 44.9. The third-order valence-corrected chi connectivity index (χ3v) is 13.9. The Labute approximate surface area is 394 Å². The van der Waals surface area contributed by atoms with Crippen LogP contribution in [-0.4, -0.2) is 16.2 Å². The minimum atomic E-state index is -0.0182. The maximum Gasteiger partial charge on any atom is 0.137 e. The maximum absolute atomic E-state index is 7.19. The van der Waals surface area contributed by atoms with Crippen LogP contribution in [0.2, 0.25) is 0 Å². The lowest BCUT2D eigenvalue weighted by Crippen LogP contribution is -2.24. The molecule has 1 aliphatic rings. The molecule has 0 fully saturated rings. The molecule has 5 heteroatoms. The van der Waals surface area contributed by atoms with Gasteiger partial charge in [-0.15, -0.1) is 0 Å². The number of fused-ring (bicyclic) bond motifs is 4. The maximum atomic E-state index is 7.19. The van der Waals surface area contributed by atoms with Crippen LogP contribution < -0.4 is 14.5 Å². The zero-order valence-electron chi connectivity index (χ0n) is 41.3. The molecule has 0 spiro atoms. The predicted octanol–water partition coefficient (Wildman–Crippen LogP) is 17.6. The summed E-state index contributed by atoms with van der Waals surface area (Å²) in [5.41, 5.74) is 16.1. The highest BCUT2D eigenvalue weighted by atomic mass is 16.5. The van der Waals surface area contributed by atoms with Gasteiger partial charge >= 0.3 is 0 Å². The van der Waals surface area contributed by atoms with Crippen LogP contribution in [0.1, 0.15) is 141 Å². The van der Waals surface area contributed by atoms with Crippen molar-refractivity contribution in [3.63, 3.8) is 0 Å². The molecule has 2 aromatic heterocycles. The van der Waals surface area contributed by atoms with Gasteiger partial charge in [0.15, 0.2) is 0 Å². The van der Waals surface area contributed by atoms with Crippen molar-refractivity contribution in [2.45, 2.75) is 125 Å². The summed E-state index contributed by atoms with van der Waals surface area (Å²) in [6, 6.07) is 49.7. The molecule has 0 N–H and O–H groups in total. The lowest BCUT2D eigenvalue weighted by atomic mass is 9.85. The smallest absolute Gasteiger partial charge is 0.137 e. The first-order chi connectivity index (χ1) is 31.5. The molecule has 5 nitrogen and oxygen atoms in total. The summed E-state index contributed by atoms with van der Waals surface area (Å²) >= 11 is 0. The summed E-state index contributed by atoms with van der Waals surface area (Å²) in [6.07, 6.45) is 4.15. The predicted molar refractivity (Wildman–Crippen MR) is 281 cm³/mol. The van der Waals surface area contributed by atoms with E-state index in [0.29, 0.717) is 24.4 Å². The van der Waals surface area contributed by atoms with Crippen molar-refractivity contribution in [2.75, 3.05) is 16.5 Å². The van der Waals surface area contributed by atoms with Gasteiger partial charge in [0.25, 0.3) is 0 Å². The van der Waals surface area contributed by atoms with Gasteiger partial charge in [0.2, 0.25) is 0 Å². The fourth-order valence-corrected chi connectivity index (χ4v) is 10.1. The molecule has 1 aliphatic heterocycles. The second-order valence-corrected chi connectivity index (χ2v) is 21.2. The lowest BCUT2D eigenvalue weighted by molar-refractivity contribution is 0.483. The summed E-state index contributed by atoms with van der Waals surface area (Å²) in [5.74, 6) is 3.64. The molecule has 6 aromatic carbocycles. The quantitative estimate of drug-likeness (QED) is 0.130. The highest BCUT2D eigenvalue weighted by molar-refractivity contribution is 6.09. The fourth-order valence-electron chi connectivity index (χ4n) is 10.1. The Kier molecular flexibility index (Phi) is 11.9. The van der Waals surface area contributed by atoms with Gasteiger partial charge in [-0.2, -0.15) is 0 Å². The third kappa shape index (κ3) is 8.38. The SMILES string of the molecule is CCC(CC)c1ccc2c(c1)N(c1cc(Oc3ccc4c5ccccc5n(-c5cc(C(C)(C)C)ccn5)c4c3)cc(-c3c(C(C)C)cccc3C(C)C)c1)CN2c1cccc(C(C)(C)C)c1. The summed E-state index contributed by atoms with van der Waals surface area (Å²) in [6.45, 7) is 28.2. The highest BCUT2D eigenvalue weighted by Crippen LogP contribution is 2.49. The Morgan fingerprint density at radius 2 is 1.23 bits per heavy atom. The van der Waals surface area contributed by atoms with Crippen molar-refractivity contribution >= 4 is 44.6 Å². The number of aromatic nitrogens is 2. The fraction of sp³-hybridized carbons (Fsp3) is 0.328. The van der Waals surface area contributed by atoms with Crippen LogP contribution in [0.3, 0.4) is 0 Å². The molecule has 0 aliphatic carbocycles. The molecule has 0 unspecified atom stereocenters. The van der Waals surface area contributed by atoms with Gasteiger partial charge in [0.05, 0.1) is 22.4 Å². The molecule has 3 heterocycles. The molecule has 0 bridgehead atoms. The van der Waals surface area contributed by atoms with Crippen molar-refractivity contribution < 1.29 is 4.74 Å². The molecule has 8 aromatic rings. The van der Waals surface area contributed by atoms with Crippen LogP contribution in [0.25, 0.3) is 38.8 Å². The summed E-state index contributed by atoms with van der Waals surface area (Å²) in [4.78, 5) is 9.97. The van der Waals surface area contributed by atoms with Crippen molar-refractivity contribution in [1.29, 1.82) is 0 Å². The van der Waals surface area contributed by atoms with Crippen LogP contribution in [-0.2, 0) is 10.8 Å². The number of rotatable bonds is 11. The van der Waals surface area contributed by atoms with E-state index in [1.165, 1.54) is 66.8 Å². The number of benzene rings is 6. The van der Waals surface area contributed by atoms with Crippen LogP contribution in [0.4, 0.5) is 22.7 Å². The lowest BCUT2D eigenvalue weighted by Gasteiger charge is -2.26. The monoisotopic (exact) mass is 873 g/mol. The standard InChI is InChI=1S/C61H68N4O/c1-13-41(14-2)42-25-28-55-57(33-42)64(38-63(55)46-20-17-19-44(34-46)60(7,8)9)47-31-43(59-50(39(3)4)22-18-23-51(59)40(5)6)32-49(36-47)66-48-26-27-53-52-21-15-16-24-54(52)65(56(53)37-48)58-35-45(29-30-62-58)61(10,11)12/h15-37,39-41H,13-14,38H2,1-12H3. The number of hydrogen-bond acceptors (Lipinski definition) is 4. The molecule has 0 atom stereocenters. The van der Waals surface area contributed by atoms with E-state index in [4.69, 9.17) is 9.72 Å². The van der Waals surface area contributed by atoms with Gasteiger partial charge in [0.1, 0.15) is 24.0 Å². The highest BCUT2D eigenvalue weighted by Gasteiger charge is 2.31. The van der Waals surface area contributed by atoms with Crippen LogP contribution in [0, 0.1) is 0 Å². The van der Waals surface area contributed by atoms with E-state index in [0.717, 1.165) is 46.9 Å². The van der Waals surface area contributed by atoms with E-state index in [-0.39, 0.29) is 10.8 Å². The van der Waals surface area contributed by atoms with E-state index in [1.54, 1.807) is 0 Å². The minimum absolute atomic E-state index is 0.0182. The first-order valence-corrected chi connectivity index (χ1v) is 24.3. The van der Waals surface area contributed by atoms with Gasteiger partial charge in [-0.05, 0) is 147 Å². The zero-order valence-corrected chi connectivity index (χ0v) is 41.3. The minimum Gasteiger partial charge on any atom is -0.457 e. The molecule has 0 saturated carbocycles. The third-order valence-electron chi connectivity index (χ3n) is 13.9. The Morgan fingerprint density at radius 1 is 0.561 bits per heavy atom. The van der Waals surface area contributed by atoms with Crippen molar-refractivity contribution in [3.8, 4) is 28.4 Å².